The number of hydrogen-bond donors (Lipinski definition) is 0. The average Bonchev–Trinajstić information content (AvgIpc) is 2.88. The van der Waals surface area contributed by atoms with E-state index >= 15 is 0 Å². The number of methoxy groups -OCH3 is 1. The molecule has 7 heteroatoms. The van der Waals surface area contributed by atoms with E-state index in [-0.39, 0.29) is 5.41 Å². The standard InChI is InChI=1S/C16H30N2O4S/c1-21-12-14-11-18(23(2,19)20)13-16(14)5-7-17(8-6-16)15-3-9-22-10-4-15/h14-15H,3-13H2,1-2H3/t14-/m1/s1. The second-order valence-electron chi connectivity index (χ2n) is 7.45. The highest BCUT2D eigenvalue weighted by atomic mass is 32.2. The lowest BCUT2D eigenvalue weighted by Gasteiger charge is -2.45. The van der Waals surface area contributed by atoms with Gasteiger partial charge in [-0.05, 0) is 44.2 Å². The fourth-order valence-corrected chi connectivity index (χ4v) is 5.56. The van der Waals surface area contributed by atoms with Crippen LogP contribution in [0.2, 0.25) is 0 Å². The van der Waals surface area contributed by atoms with Crippen molar-refractivity contribution in [2.45, 2.75) is 31.7 Å². The van der Waals surface area contributed by atoms with Crippen LogP contribution < -0.4 is 0 Å². The van der Waals surface area contributed by atoms with Crippen LogP contribution in [0.3, 0.4) is 0 Å². The number of hydrogen-bond acceptors (Lipinski definition) is 5. The van der Waals surface area contributed by atoms with Crippen molar-refractivity contribution in [2.24, 2.45) is 11.3 Å². The number of piperidine rings is 1. The Morgan fingerprint density at radius 3 is 2.43 bits per heavy atom. The van der Waals surface area contributed by atoms with E-state index in [0.717, 1.165) is 52.0 Å². The molecule has 6 nitrogen and oxygen atoms in total. The summed E-state index contributed by atoms with van der Waals surface area (Å²) in [4.78, 5) is 2.60. The maximum absolute atomic E-state index is 12.0. The minimum Gasteiger partial charge on any atom is -0.384 e. The van der Waals surface area contributed by atoms with Crippen molar-refractivity contribution < 1.29 is 17.9 Å². The average molecular weight is 346 g/mol. The normalized spacial score (nSPS) is 31.0. The summed E-state index contributed by atoms with van der Waals surface area (Å²) in [5.41, 5.74) is 0.0980. The van der Waals surface area contributed by atoms with E-state index in [1.807, 2.05) is 0 Å². The number of sulfonamides is 1. The molecule has 3 heterocycles. The number of ether oxygens (including phenoxy) is 2. The summed E-state index contributed by atoms with van der Waals surface area (Å²) < 4.78 is 36.5. The van der Waals surface area contributed by atoms with E-state index in [2.05, 4.69) is 4.90 Å². The predicted octanol–water partition coefficient (Wildman–Crippen LogP) is 0.785. The Labute approximate surface area is 140 Å². The first kappa shape index (κ1) is 17.6. The third kappa shape index (κ3) is 3.74. The van der Waals surface area contributed by atoms with Gasteiger partial charge in [0.1, 0.15) is 0 Å². The van der Waals surface area contributed by atoms with E-state index in [1.54, 1.807) is 11.4 Å². The molecular formula is C16H30N2O4S. The smallest absolute Gasteiger partial charge is 0.211 e. The van der Waals surface area contributed by atoms with Gasteiger partial charge in [0.25, 0.3) is 0 Å². The molecule has 1 spiro atoms. The molecule has 0 aromatic heterocycles. The Hall–Kier alpha value is -0.210. The van der Waals surface area contributed by atoms with Gasteiger partial charge in [-0.25, -0.2) is 12.7 Å². The molecule has 23 heavy (non-hydrogen) atoms. The van der Waals surface area contributed by atoms with Crippen molar-refractivity contribution in [1.29, 1.82) is 0 Å². The molecule has 0 saturated carbocycles. The lowest BCUT2D eigenvalue weighted by molar-refractivity contribution is -0.0103. The number of likely N-dealkylation sites (tertiary alicyclic amines) is 1. The second-order valence-corrected chi connectivity index (χ2v) is 9.43. The SMILES string of the molecule is COC[C@H]1CN(S(C)(=O)=O)CC12CCN(C1CCOCC1)CC2. The van der Waals surface area contributed by atoms with E-state index in [9.17, 15) is 8.42 Å². The minimum absolute atomic E-state index is 0.0980. The Bertz CT molecular complexity index is 496. The summed E-state index contributed by atoms with van der Waals surface area (Å²) in [5, 5.41) is 0. The van der Waals surface area contributed by atoms with Gasteiger partial charge in [0.2, 0.25) is 10.0 Å². The summed E-state index contributed by atoms with van der Waals surface area (Å²) in [5.74, 6) is 0.319. The molecule has 3 fully saturated rings. The first-order valence-electron chi connectivity index (χ1n) is 8.70. The number of rotatable bonds is 4. The van der Waals surface area contributed by atoms with Crippen LogP contribution >= 0.6 is 0 Å². The van der Waals surface area contributed by atoms with Crippen LogP contribution in [0.1, 0.15) is 25.7 Å². The lowest BCUT2D eigenvalue weighted by atomic mass is 9.71. The monoisotopic (exact) mass is 346 g/mol. The van der Waals surface area contributed by atoms with Gasteiger partial charge in [-0.1, -0.05) is 0 Å². The molecule has 0 bridgehead atoms. The van der Waals surface area contributed by atoms with Gasteiger partial charge in [0.15, 0.2) is 0 Å². The van der Waals surface area contributed by atoms with Gasteiger partial charge in [0.05, 0.1) is 12.9 Å². The fourth-order valence-electron chi connectivity index (χ4n) is 4.62. The van der Waals surface area contributed by atoms with Crippen molar-refractivity contribution in [3.05, 3.63) is 0 Å². The maximum atomic E-state index is 12.0. The molecule has 3 rings (SSSR count). The summed E-state index contributed by atoms with van der Waals surface area (Å²) in [7, 11) is -1.40. The largest absolute Gasteiger partial charge is 0.384 e. The first-order valence-corrected chi connectivity index (χ1v) is 10.6. The Morgan fingerprint density at radius 2 is 1.87 bits per heavy atom. The predicted molar refractivity (Wildman–Crippen MR) is 88.9 cm³/mol. The first-order chi connectivity index (χ1) is 10.9. The van der Waals surface area contributed by atoms with Crippen molar-refractivity contribution in [3.63, 3.8) is 0 Å². The van der Waals surface area contributed by atoms with Gasteiger partial charge in [-0.3, -0.25) is 0 Å². The lowest BCUT2D eigenvalue weighted by Crippen LogP contribution is -2.50. The quantitative estimate of drug-likeness (QED) is 0.753. The fraction of sp³-hybridized carbons (Fsp3) is 1.00. The summed E-state index contributed by atoms with van der Waals surface area (Å²) in [6.07, 6.45) is 5.73. The molecule has 0 aromatic rings. The Kier molecular flexibility index (Phi) is 5.33. The maximum Gasteiger partial charge on any atom is 0.211 e. The summed E-state index contributed by atoms with van der Waals surface area (Å²) in [6.45, 7) is 5.83. The van der Waals surface area contributed by atoms with Crippen LogP contribution in [0.4, 0.5) is 0 Å². The molecule has 0 N–H and O–H groups in total. The molecule has 1 atom stereocenters. The van der Waals surface area contributed by atoms with Crippen molar-refractivity contribution >= 4 is 10.0 Å². The highest BCUT2D eigenvalue weighted by Gasteiger charge is 2.50. The van der Waals surface area contributed by atoms with Crippen LogP contribution in [0, 0.1) is 11.3 Å². The third-order valence-corrected chi connectivity index (χ3v) is 7.34. The van der Waals surface area contributed by atoms with Crippen LogP contribution in [0.5, 0.6) is 0 Å². The van der Waals surface area contributed by atoms with Crippen molar-refractivity contribution in [1.82, 2.24) is 9.21 Å². The van der Waals surface area contributed by atoms with Crippen LogP contribution in [0.15, 0.2) is 0 Å². The van der Waals surface area contributed by atoms with E-state index < -0.39 is 10.0 Å². The zero-order chi connectivity index (χ0) is 16.5. The topological polar surface area (TPSA) is 59.1 Å². The molecular weight excluding hydrogens is 316 g/mol. The van der Waals surface area contributed by atoms with Gasteiger partial charge in [0, 0.05) is 45.4 Å². The van der Waals surface area contributed by atoms with Crippen molar-refractivity contribution in [2.75, 3.05) is 59.4 Å². The highest BCUT2D eigenvalue weighted by Crippen LogP contribution is 2.46. The van der Waals surface area contributed by atoms with Gasteiger partial charge >= 0.3 is 0 Å². The Balaban J connectivity index is 1.66. The van der Waals surface area contributed by atoms with Crippen molar-refractivity contribution in [3.8, 4) is 0 Å². The summed E-state index contributed by atoms with van der Waals surface area (Å²) >= 11 is 0. The molecule has 0 aromatic carbocycles. The van der Waals surface area contributed by atoms with Crippen LogP contribution in [0.25, 0.3) is 0 Å². The molecule has 3 saturated heterocycles. The molecule has 134 valence electrons. The zero-order valence-corrected chi connectivity index (χ0v) is 15.2. The molecule has 0 amide bonds. The summed E-state index contributed by atoms with van der Waals surface area (Å²) in [6, 6.07) is 0.648. The van der Waals surface area contributed by atoms with Gasteiger partial charge in [-0.15, -0.1) is 0 Å². The van der Waals surface area contributed by atoms with E-state index in [1.165, 1.54) is 6.26 Å². The molecule has 3 aliphatic rings. The Morgan fingerprint density at radius 1 is 1.22 bits per heavy atom. The minimum atomic E-state index is -3.12. The molecule has 0 unspecified atom stereocenters. The van der Waals surface area contributed by atoms with Gasteiger partial charge < -0.3 is 14.4 Å². The van der Waals surface area contributed by atoms with Crippen LogP contribution in [-0.4, -0.2) is 83.0 Å². The molecule has 3 aliphatic heterocycles. The number of nitrogens with zero attached hydrogens (tertiary/aromatic N) is 2. The third-order valence-electron chi connectivity index (χ3n) is 6.12. The molecule has 0 aliphatic carbocycles. The van der Waals surface area contributed by atoms with E-state index in [4.69, 9.17) is 9.47 Å². The zero-order valence-electron chi connectivity index (χ0n) is 14.4. The second kappa shape index (κ2) is 6.96. The van der Waals surface area contributed by atoms with E-state index in [0.29, 0.717) is 31.7 Å². The highest BCUT2D eigenvalue weighted by molar-refractivity contribution is 7.88. The van der Waals surface area contributed by atoms with Gasteiger partial charge in [-0.2, -0.15) is 0 Å². The van der Waals surface area contributed by atoms with Crippen LogP contribution in [-0.2, 0) is 19.5 Å². The molecule has 0 radical (unpaired) electrons.